The predicted octanol–water partition coefficient (Wildman–Crippen LogP) is 4.33. The monoisotopic (exact) mass is 314 g/mol. The molecule has 0 saturated heterocycles. The standard InChI is InChI=1S/C5H5.C4H10N.4CH3.2ClH.Sc/c1-2-4-5-3-1;1-4-5(2)3;;;;;;;/h1-3H,4H2;1,4H2,2-3H3;4*1H3;2*1H;/q6*-1;;;. The van der Waals surface area contributed by atoms with Gasteiger partial charge in [0.15, 0.2) is 0 Å². The van der Waals surface area contributed by atoms with Crippen molar-refractivity contribution in [3.05, 3.63) is 60.9 Å². The van der Waals surface area contributed by atoms with E-state index in [0.717, 1.165) is 13.0 Å². The molecule has 0 aromatic heterocycles. The summed E-state index contributed by atoms with van der Waals surface area (Å²) >= 11 is 0. The van der Waals surface area contributed by atoms with Crippen LogP contribution in [0, 0.1) is 42.7 Å². The van der Waals surface area contributed by atoms with Crippen LogP contribution in [0.4, 0.5) is 0 Å². The molecule has 0 atom stereocenters. The molecule has 17 heavy (non-hydrogen) atoms. The van der Waals surface area contributed by atoms with Crippen LogP contribution in [0.2, 0.25) is 0 Å². The number of allylic oxidation sites excluding steroid dienone is 4. The van der Waals surface area contributed by atoms with E-state index in [2.05, 4.69) is 19.1 Å². The van der Waals surface area contributed by atoms with E-state index in [1.807, 2.05) is 31.1 Å². The van der Waals surface area contributed by atoms with Crippen molar-refractivity contribution < 1.29 is 25.8 Å². The quantitative estimate of drug-likeness (QED) is 0.651. The zero-order chi connectivity index (χ0) is 7.82. The summed E-state index contributed by atoms with van der Waals surface area (Å²) in [5, 5.41) is 0. The molecule has 1 nitrogen and oxygen atoms in total. The smallest absolute Gasteiger partial charge is 0 e. The zero-order valence-corrected chi connectivity index (χ0v) is 15.6. The summed E-state index contributed by atoms with van der Waals surface area (Å²) in [5.41, 5.74) is 0. The van der Waals surface area contributed by atoms with Gasteiger partial charge in [0.1, 0.15) is 0 Å². The topological polar surface area (TPSA) is 3.24 Å². The van der Waals surface area contributed by atoms with Crippen LogP contribution in [0.15, 0.2) is 18.2 Å². The Bertz CT molecular complexity index is 117. The van der Waals surface area contributed by atoms with Crippen molar-refractivity contribution in [3.63, 3.8) is 0 Å². The molecule has 0 spiro atoms. The van der Waals surface area contributed by atoms with Crippen molar-refractivity contribution in [2.75, 3.05) is 20.6 Å². The molecule has 1 radical (unpaired) electrons. The third-order valence-corrected chi connectivity index (χ3v) is 1.03. The van der Waals surface area contributed by atoms with Crippen LogP contribution in [0.1, 0.15) is 6.42 Å². The van der Waals surface area contributed by atoms with Crippen LogP contribution >= 0.6 is 24.8 Å². The molecule has 0 aromatic rings. The van der Waals surface area contributed by atoms with E-state index in [9.17, 15) is 0 Å². The number of halogens is 2. The molecule has 1 aliphatic rings. The van der Waals surface area contributed by atoms with Crippen LogP contribution in [-0.4, -0.2) is 25.5 Å². The maximum absolute atomic E-state index is 3.61. The molecule has 0 aromatic carbocycles. The largest absolute Gasteiger partial charge is 0.358 e. The second-order valence-corrected chi connectivity index (χ2v) is 2.31. The van der Waals surface area contributed by atoms with Gasteiger partial charge in [-0.2, -0.15) is 6.08 Å². The maximum Gasteiger partial charge on any atom is 0 e. The molecule has 0 fully saturated rings. The summed E-state index contributed by atoms with van der Waals surface area (Å²) < 4.78 is 0. The van der Waals surface area contributed by atoms with Gasteiger partial charge in [0.25, 0.3) is 0 Å². The van der Waals surface area contributed by atoms with E-state index in [0.29, 0.717) is 0 Å². The molecule has 1 rings (SSSR count). The van der Waals surface area contributed by atoms with Crippen LogP contribution in [0.5, 0.6) is 0 Å². The summed E-state index contributed by atoms with van der Waals surface area (Å²) in [6.07, 6.45) is 10.0. The van der Waals surface area contributed by atoms with Gasteiger partial charge in [-0.05, 0) is 14.1 Å². The van der Waals surface area contributed by atoms with Gasteiger partial charge in [-0.3, -0.25) is 6.08 Å². The molecule has 0 N–H and O–H groups in total. The molecule has 109 valence electrons. The molecule has 0 bridgehead atoms. The summed E-state index contributed by atoms with van der Waals surface area (Å²) in [6.45, 7) is 4.50. The van der Waals surface area contributed by atoms with Gasteiger partial charge >= 0.3 is 0 Å². The Kier molecular flexibility index (Phi) is 134. The molecule has 0 saturated carbocycles. The summed E-state index contributed by atoms with van der Waals surface area (Å²) in [6, 6.07) is 0. The molecular weight excluding hydrogens is 286 g/mol. The van der Waals surface area contributed by atoms with E-state index in [-0.39, 0.29) is 80.4 Å². The second kappa shape index (κ2) is 43.6. The number of hydrogen-bond donors (Lipinski definition) is 0. The Balaban J connectivity index is -0.0000000112. The summed E-state index contributed by atoms with van der Waals surface area (Å²) in [7, 11) is 3.99. The minimum absolute atomic E-state index is 0. The Labute approximate surface area is 143 Å². The number of nitrogens with zero attached hydrogens (tertiary/aromatic N) is 1. The van der Waals surface area contributed by atoms with Crippen molar-refractivity contribution in [2.24, 2.45) is 0 Å². The van der Waals surface area contributed by atoms with E-state index in [1.54, 1.807) is 0 Å². The third kappa shape index (κ3) is 60.2. The molecule has 0 aliphatic heterocycles. The molecule has 0 amide bonds. The van der Waals surface area contributed by atoms with Crippen LogP contribution in [0.25, 0.3) is 0 Å². The van der Waals surface area contributed by atoms with Gasteiger partial charge in [0.05, 0.1) is 0 Å². The first-order valence-electron chi connectivity index (χ1n) is 3.43. The van der Waals surface area contributed by atoms with E-state index in [1.165, 1.54) is 0 Å². The van der Waals surface area contributed by atoms with Crippen molar-refractivity contribution in [3.8, 4) is 0 Å². The summed E-state index contributed by atoms with van der Waals surface area (Å²) in [5.74, 6) is 0. The molecule has 1 aliphatic carbocycles. The molecular formula is C13H29Cl2NSc-6. The maximum atomic E-state index is 3.61. The van der Waals surface area contributed by atoms with Crippen molar-refractivity contribution >= 4 is 24.8 Å². The molecule has 0 unspecified atom stereocenters. The first-order valence-corrected chi connectivity index (χ1v) is 3.43. The van der Waals surface area contributed by atoms with E-state index >= 15 is 0 Å². The fraction of sp³-hybridized carbons (Fsp3) is 0.308. The van der Waals surface area contributed by atoms with Crippen LogP contribution < -0.4 is 0 Å². The second-order valence-electron chi connectivity index (χ2n) is 2.31. The molecule has 4 heteroatoms. The molecule has 0 heterocycles. The predicted molar refractivity (Wildman–Crippen MR) is 85.6 cm³/mol. The average molecular weight is 315 g/mol. The van der Waals surface area contributed by atoms with Crippen LogP contribution in [0.3, 0.4) is 0 Å². The Morgan fingerprint density at radius 3 is 1.53 bits per heavy atom. The van der Waals surface area contributed by atoms with Crippen molar-refractivity contribution in [1.29, 1.82) is 0 Å². The summed E-state index contributed by atoms with van der Waals surface area (Å²) in [4.78, 5) is 2.01. The zero-order valence-electron chi connectivity index (χ0n) is 12.2. The number of hydrogen-bond acceptors (Lipinski definition) is 1. The minimum atomic E-state index is 0. The first kappa shape index (κ1) is 52.2. The fourth-order valence-electron chi connectivity index (χ4n) is 0.340. The third-order valence-electron chi connectivity index (χ3n) is 1.03. The van der Waals surface area contributed by atoms with Gasteiger partial charge in [0.2, 0.25) is 0 Å². The van der Waals surface area contributed by atoms with Crippen molar-refractivity contribution in [2.45, 2.75) is 6.42 Å². The van der Waals surface area contributed by atoms with E-state index in [4.69, 9.17) is 0 Å². The minimum Gasteiger partial charge on any atom is -0.358 e. The SMILES string of the molecule is Cl.Cl.[C-]1=CC=CC1.[CH2-]CN(C)C.[CH3-].[CH3-].[CH3-].[CH3-].[Sc]. The van der Waals surface area contributed by atoms with Crippen molar-refractivity contribution in [1.82, 2.24) is 4.90 Å². The number of rotatable bonds is 1. The van der Waals surface area contributed by atoms with Gasteiger partial charge in [-0.15, -0.1) is 37.8 Å². The van der Waals surface area contributed by atoms with Gasteiger partial charge in [-0.1, -0.05) is 0 Å². The average Bonchev–Trinajstić information content (AvgIpc) is 2.43. The van der Waals surface area contributed by atoms with Gasteiger partial charge in [0, 0.05) is 25.8 Å². The van der Waals surface area contributed by atoms with Gasteiger partial charge < -0.3 is 41.5 Å². The Hall–Kier alpha value is 0.890. The Morgan fingerprint density at radius 1 is 1.12 bits per heavy atom. The normalized spacial score (nSPS) is 8.00. The van der Waals surface area contributed by atoms with E-state index < -0.39 is 0 Å². The first-order chi connectivity index (χ1) is 4.77. The Morgan fingerprint density at radius 2 is 1.47 bits per heavy atom. The van der Waals surface area contributed by atoms with Gasteiger partial charge in [-0.25, -0.2) is 12.2 Å². The van der Waals surface area contributed by atoms with Crippen LogP contribution in [-0.2, 0) is 25.8 Å². The fourth-order valence-corrected chi connectivity index (χ4v) is 0.340.